The van der Waals surface area contributed by atoms with Gasteiger partial charge in [0.15, 0.2) is 11.6 Å². The second kappa shape index (κ2) is 6.99. The van der Waals surface area contributed by atoms with Gasteiger partial charge in [-0.1, -0.05) is 6.92 Å². The highest BCUT2D eigenvalue weighted by atomic mass is 19.1. The molecule has 0 saturated carbocycles. The van der Waals surface area contributed by atoms with Crippen LogP contribution in [-0.2, 0) is 22.4 Å². The van der Waals surface area contributed by atoms with Gasteiger partial charge in [-0.05, 0) is 43.0 Å². The lowest BCUT2D eigenvalue weighted by atomic mass is 10.0. The summed E-state index contributed by atoms with van der Waals surface area (Å²) in [5, 5.41) is 0. The van der Waals surface area contributed by atoms with Crippen molar-refractivity contribution in [2.45, 2.75) is 33.1 Å². The van der Waals surface area contributed by atoms with E-state index in [9.17, 15) is 9.18 Å². The zero-order valence-electron chi connectivity index (χ0n) is 11.1. The van der Waals surface area contributed by atoms with Crippen LogP contribution in [-0.4, -0.2) is 19.7 Å². The number of benzene rings is 1. The summed E-state index contributed by atoms with van der Waals surface area (Å²) in [5.41, 5.74) is 1.83. The monoisotopic (exact) mass is 254 g/mol. The zero-order chi connectivity index (χ0) is 13.5. The Labute approximate surface area is 107 Å². The highest BCUT2D eigenvalue weighted by molar-refractivity contribution is 5.69. The predicted molar refractivity (Wildman–Crippen MR) is 67.3 cm³/mol. The van der Waals surface area contributed by atoms with Crippen LogP contribution in [0.5, 0.6) is 5.75 Å². The Morgan fingerprint density at radius 3 is 2.56 bits per heavy atom. The Bertz CT molecular complexity index is 416. The molecule has 0 aliphatic rings. The predicted octanol–water partition coefficient (Wildman–Crippen LogP) is 2.89. The van der Waals surface area contributed by atoms with Crippen LogP contribution < -0.4 is 4.74 Å². The SMILES string of the molecule is CCOC(=O)CCc1cc(F)c(OC)cc1CC. The molecule has 0 unspecified atom stereocenters. The normalized spacial score (nSPS) is 10.2. The topological polar surface area (TPSA) is 35.5 Å². The van der Waals surface area contributed by atoms with Crippen molar-refractivity contribution in [1.29, 1.82) is 0 Å². The van der Waals surface area contributed by atoms with Gasteiger partial charge in [-0.25, -0.2) is 4.39 Å². The molecule has 1 aromatic carbocycles. The minimum atomic E-state index is -0.395. The highest BCUT2D eigenvalue weighted by Gasteiger charge is 2.11. The summed E-state index contributed by atoms with van der Waals surface area (Å²) in [5.74, 6) is -0.406. The maximum Gasteiger partial charge on any atom is 0.306 e. The van der Waals surface area contributed by atoms with Crippen molar-refractivity contribution in [3.8, 4) is 5.75 Å². The first kappa shape index (κ1) is 14.5. The van der Waals surface area contributed by atoms with E-state index in [-0.39, 0.29) is 18.1 Å². The number of hydrogen-bond donors (Lipinski definition) is 0. The third-order valence-corrected chi connectivity index (χ3v) is 2.76. The molecule has 0 bridgehead atoms. The summed E-state index contributed by atoms with van der Waals surface area (Å²) in [6, 6.07) is 3.13. The van der Waals surface area contributed by atoms with E-state index in [1.54, 1.807) is 13.0 Å². The zero-order valence-corrected chi connectivity index (χ0v) is 11.1. The molecule has 0 amide bonds. The van der Waals surface area contributed by atoms with Crippen molar-refractivity contribution in [2.75, 3.05) is 13.7 Å². The van der Waals surface area contributed by atoms with Gasteiger partial charge in [0, 0.05) is 6.42 Å². The van der Waals surface area contributed by atoms with E-state index in [2.05, 4.69) is 0 Å². The average Bonchev–Trinajstić information content (AvgIpc) is 2.36. The first-order valence-electron chi connectivity index (χ1n) is 6.13. The lowest BCUT2D eigenvalue weighted by Crippen LogP contribution is -2.06. The third kappa shape index (κ3) is 3.72. The number of aryl methyl sites for hydroxylation is 2. The Kier molecular flexibility index (Phi) is 5.62. The molecule has 3 nitrogen and oxygen atoms in total. The van der Waals surface area contributed by atoms with Crippen molar-refractivity contribution in [3.05, 3.63) is 29.1 Å². The number of halogens is 1. The molecular weight excluding hydrogens is 235 g/mol. The van der Waals surface area contributed by atoms with E-state index in [4.69, 9.17) is 9.47 Å². The maximum absolute atomic E-state index is 13.6. The summed E-state index contributed by atoms with van der Waals surface area (Å²) in [6.45, 7) is 4.12. The van der Waals surface area contributed by atoms with E-state index in [1.807, 2.05) is 6.92 Å². The summed E-state index contributed by atoms with van der Waals surface area (Å²) in [7, 11) is 1.44. The van der Waals surface area contributed by atoms with E-state index >= 15 is 0 Å². The molecular formula is C14H19FO3. The summed E-state index contributed by atoms with van der Waals surface area (Å²) in [6.07, 6.45) is 1.53. The second-order valence-electron chi connectivity index (χ2n) is 3.91. The van der Waals surface area contributed by atoms with Crippen LogP contribution in [0.25, 0.3) is 0 Å². The van der Waals surface area contributed by atoms with Gasteiger partial charge in [0.1, 0.15) is 0 Å². The second-order valence-corrected chi connectivity index (χ2v) is 3.91. The van der Waals surface area contributed by atoms with E-state index < -0.39 is 5.82 Å². The lowest BCUT2D eigenvalue weighted by Gasteiger charge is -2.11. The number of carbonyl (C=O) groups excluding carboxylic acids is 1. The van der Waals surface area contributed by atoms with Gasteiger partial charge in [0.25, 0.3) is 0 Å². The molecule has 0 aliphatic heterocycles. The fourth-order valence-electron chi connectivity index (χ4n) is 1.82. The van der Waals surface area contributed by atoms with E-state index in [0.717, 1.165) is 17.5 Å². The summed E-state index contributed by atoms with van der Waals surface area (Å²) in [4.78, 5) is 11.3. The van der Waals surface area contributed by atoms with Gasteiger partial charge >= 0.3 is 5.97 Å². The van der Waals surface area contributed by atoms with Crippen molar-refractivity contribution in [2.24, 2.45) is 0 Å². The van der Waals surface area contributed by atoms with Crippen LogP contribution in [0, 0.1) is 5.82 Å². The molecule has 0 saturated heterocycles. The molecule has 1 rings (SSSR count). The van der Waals surface area contributed by atoms with Crippen molar-refractivity contribution in [1.82, 2.24) is 0 Å². The number of esters is 1. The molecule has 0 atom stereocenters. The molecule has 18 heavy (non-hydrogen) atoms. The number of methoxy groups -OCH3 is 1. The molecule has 0 spiro atoms. The van der Waals surface area contributed by atoms with Crippen molar-refractivity contribution in [3.63, 3.8) is 0 Å². The van der Waals surface area contributed by atoms with Crippen LogP contribution in [0.2, 0.25) is 0 Å². The van der Waals surface area contributed by atoms with Gasteiger partial charge in [0.05, 0.1) is 13.7 Å². The molecule has 0 heterocycles. The third-order valence-electron chi connectivity index (χ3n) is 2.76. The smallest absolute Gasteiger partial charge is 0.306 e. The van der Waals surface area contributed by atoms with Crippen LogP contribution in [0.3, 0.4) is 0 Å². The van der Waals surface area contributed by atoms with Gasteiger partial charge in [0.2, 0.25) is 0 Å². The fraction of sp³-hybridized carbons (Fsp3) is 0.500. The first-order valence-corrected chi connectivity index (χ1v) is 6.13. The number of carbonyl (C=O) groups is 1. The molecule has 4 heteroatoms. The summed E-state index contributed by atoms with van der Waals surface area (Å²) >= 11 is 0. The molecule has 0 fully saturated rings. The number of hydrogen-bond acceptors (Lipinski definition) is 3. The fourth-order valence-corrected chi connectivity index (χ4v) is 1.82. The minimum absolute atomic E-state index is 0.242. The van der Waals surface area contributed by atoms with Gasteiger partial charge in [-0.3, -0.25) is 4.79 Å². The van der Waals surface area contributed by atoms with E-state index in [0.29, 0.717) is 13.0 Å². The first-order chi connectivity index (χ1) is 8.62. The quantitative estimate of drug-likeness (QED) is 0.732. The van der Waals surface area contributed by atoms with E-state index in [1.165, 1.54) is 13.2 Å². The molecule has 0 aromatic heterocycles. The molecule has 0 aliphatic carbocycles. The number of ether oxygens (including phenoxy) is 2. The van der Waals surface area contributed by atoms with Crippen LogP contribution in [0.1, 0.15) is 31.4 Å². The average molecular weight is 254 g/mol. The van der Waals surface area contributed by atoms with Gasteiger partial charge < -0.3 is 9.47 Å². The van der Waals surface area contributed by atoms with Gasteiger partial charge in [-0.15, -0.1) is 0 Å². The van der Waals surface area contributed by atoms with Crippen LogP contribution in [0.15, 0.2) is 12.1 Å². The van der Waals surface area contributed by atoms with Crippen molar-refractivity contribution < 1.29 is 18.7 Å². The maximum atomic E-state index is 13.6. The Morgan fingerprint density at radius 2 is 2.00 bits per heavy atom. The lowest BCUT2D eigenvalue weighted by molar-refractivity contribution is -0.143. The Hall–Kier alpha value is -1.58. The van der Waals surface area contributed by atoms with Gasteiger partial charge in [-0.2, -0.15) is 0 Å². The Balaban J connectivity index is 2.81. The minimum Gasteiger partial charge on any atom is -0.494 e. The Morgan fingerprint density at radius 1 is 1.28 bits per heavy atom. The molecule has 100 valence electrons. The standard InChI is InChI=1S/C14H19FO3/c1-4-10-9-13(17-3)12(15)8-11(10)6-7-14(16)18-5-2/h8-9H,4-7H2,1-3H3. The molecule has 1 aromatic rings. The van der Waals surface area contributed by atoms with Crippen LogP contribution >= 0.6 is 0 Å². The number of rotatable bonds is 6. The van der Waals surface area contributed by atoms with Crippen molar-refractivity contribution >= 4 is 5.97 Å². The summed E-state index contributed by atoms with van der Waals surface area (Å²) < 4.78 is 23.4. The van der Waals surface area contributed by atoms with Crippen LogP contribution in [0.4, 0.5) is 4.39 Å². The largest absolute Gasteiger partial charge is 0.494 e. The molecule has 0 N–H and O–H groups in total. The molecule has 0 radical (unpaired) electrons. The highest BCUT2D eigenvalue weighted by Crippen LogP contribution is 2.23.